The van der Waals surface area contributed by atoms with E-state index in [1.807, 2.05) is 66.3 Å². The van der Waals surface area contributed by atoms with Crippen molar-refractivity contribution in [1.29, 1.82) is 0 Å². The Morgan fingerprint density at radius 2 is 1.91 bits per heavy atom. The highest BCUT2D eigenvalue weighted by atomic mass is 32.1. The first-order valence-electron chi connectivity index (χ1n) is 10.5. The van der Waals surface area contributed by atoms with Crippen LogP contribution in [-0.4, -0.2) is 25.0 Å². The van der Waals surface area contributed by atoms with Gasteiger partial charge in [-0.25, -0.2) is 14.8 Å². The summed E-state index contributed by atoms with van der Waals surface area (Å²) in [6, 6.07) is 17.1. The van der Waals surface area contributed by atoms with Crippen molar-refractivity contribution in [2.24, 2.45) is 7.05 Å². The van der Waals surface area contributed by atoms with E-state index in [2.05, 4.69) is 10.3 Å². The molecule has 0 spiro atoms. The second-order valence-electron chi connectivity index (χ2n) is 7.56. The quantitative estimate of drug-likeness (QED) is 0.386. The highest BCUT2D eigenvalue weighted by Gasteiger charge is 2.19. The number of thiazole rings is 1. The molecule has 3 heterocycles. The van der Waals surface area contributed by atoms with E-state index in [-0.39, 0.29) is 12.3 Å². The van der Waals surface area contributed by atoms with E-state index in [0.29, 0.717) is 23.7 Å². The molecule has 0 saturated carbocycles. The van der Waals surface area contributed by atoms with Crippen LogP contribution in [-0.2, 0) is 18.4 Å². The maximum absolute atomic E-state index is 12.6. The van der Waals surface area contributed by atoms with Gasteiger partial charge in [0.25, 0.3) is 0 Å². The molecule has 0 aliphatic rings. The molecule has 33 heavy (non-hydrogen) atoms. The normalized spacial score (nSPS) is 11.2. The number of nitrogens with one attached hydrogen (secondary N) is 1. The molecule has 0 bridgehead atoms. The summed E-state index contributed by atoms with van der Waals surface area (Å²) in [5, 5.41) is 3.42. The average molecular weight is 460 g/mol. The lowest BCUT2D eigenvalue weighted by atomic mass is 10.1. The third kappa shape index (κ3) is 4.22. The predicted octanol–water partition coefficient (Wildman–Crippen LogP) is 4.54. The highest BCUT2D eigenvalue weighted by molar-refractivity contribution is 7.19. The Kier molecular flexibility index (Phi) is 5.62. The van der Waals surface area contributed by atoms with Gasteiger partial charge in [-0.3, -0.25) is 9.36 Å². The molecule has 5 aromatic rings. The minimum Gasteiger partial charge on any atom is -0.408 e. The zero-order valence-corrected chi connectivity index (χ0v) is 18.7. The molecule has 2 aromatic carbocycles. The van der Waals surface area contributed by atoms with Gasteiger partial charge in [-0.1, -0.05) is 53.8 Å². The maximum atomic E-state index is 12.6. The second-order valence-corrected chi connectivity index (χ2v) is 8.56. The summed E-state index contributed by atoms with van der Waals surface area (Å²) in [5.74, 6) is 0.220. The van der Waals surface area contributed by atoms with Crippen LogP contribution in [0.2, 0.25) is 0 Å². The van der Waals surface area contributed by atoms with Crippen molar-refractivity contribution in [3.05, 3.63) is 77.5 Å². The predicted molar refractivity (Wildman–Crippen MR) is 128 cm³/mol. The number of oxazole rings is 1. The zero-order valence-electron chi connectivity index (χ0n) is 17.9. The van der Waals surface area contributed by atoms with Crippen molar-refractivity contribution < 1.29 is 9.21 Å². The van der Waals surface area contributed by atoms with E-state index in [9.17, 15) is 9.59 Å². The number of carbonyl (C=O) groups excluding carboxylic acids is 1. The standard InChI is InChI=1S/C24H21N5O3S/c1-28-15-13-25-22(28)21-20(16-8-3-2-4-9-16)27-23(33-21)26-19(30)12-7-14-29-17-10-5-6-11-18(17)32-24(29)31/h2-6,8-11,13,15H,7,12,14H2,1H3,(H,26,27,30). The van der Waals surface area contributed by atoms with Crippen molar-refractivity contribution in [1.82, 2.24) is 19.1 Å². The number of anilines is 1. The van der Waals surface area contributed by atoms with Gasteiger partial charge in [-0.15, -0.1) is 0 Å². The van der Waals surface area contributed by atoms with Crippen molar-refractivity contribution in [3.63, 3.8) is 0 Å². The van der Waals surface area contributed by atoms with Crippen LogP contribution < -0.4 is 11.1 Å². The van der Waals surface area contributed by atoms with Gasteiger partial charge in [0.05, 0.1) is 16.1 Å². The van der Waals surface area contributed by atoms with Crippen LogP contribution in [0.1, 0.15) is 12.8 Å². The number of aromatic nitrogens is 4. The van der Waals surface area contributed by atoms with Crippen molar-refractivity contribution in [2.45, 2.75) is 19.4 Å². The topological polar surface area (TPSA) is 95.0 Å². The van der Waals surface area contributed by atoms with Crippen LogP contribution in [0.5, 0.6) is 0 Å². The minimum absolute atomic E-state index is 0.157. The molecule has 0 atom stereocenters. The summed E-state index contributed by atoms with van der Waals surface area (Å²) < 4.78 is 8.73. The summed E-state index contributed by atoms with van der Waals surface area (Å²) in [6.45, 7) is 0.398. The summed E-state index contributed by atoms with van der Waals surface area (Å²) in [6.07, 6.45) is 4.37. The number of fused-ring (bicyclic) bond motifs is 1. The summed E-state index contributed by atoms with van der Waals surface area (Å²) in [5.41, 5.74) is 3.01. The van der Waals surface area contributed by atoms with Gasteiger partial charge in [0, 0.05) is 38.0 Å². The molecule has 5 rings (SSSR count). The van der Waals surface area contributed by atoms with Gasteiger partial charge in [0.15, 0.2) is 16.5 Å². The number of rotatable bonds is 7. The number of amides is 1. The second kappa shape index (κ2) is 8.87. The molecular weight excluding hydrogens is 438 g/mol. The molecule has 1 amide bonds. The van der Waals surface area contributed by atoms with Gasteiger partial charge in [-0.2, -0.15) is 0 Å². The van der Waals surface area contributed by atoms with Gasteiger partial charge < -0.3 is 14.3 Å². The first kappa shape index (κ1) is 20.9. The molecule has 1 N–H and O–H groups in total. The zero-order chi connectivity index (χ0) is 22.8. The molecule has 0 unspecified atom stereocenters. The largest absolute Gasteiger partial charge is 0.419 e. The summed E-state index contributed by atoms with van der Waals surface area (Å²) in [4.78, 5) is 34.8. The Hall–Kier alpha value is -3.98. The lowest BCUT2D eigenvalue weighted by Gasteiger charge is -2.03. The van der Waals surface area contributed by atoms with E-state index in [1.165, 1.54) is 11.3 Å². The van der Waals surface area contributed by atoms with Crippen LogP contribution in [0.4, 0.5) is 5.13 Å². The molecule has 0 aliphatic carbocycles. The van der Waals surface area contributed by atoms with Crippen LogP contribution in [0.25, 0.3) is 33.1 Å². The fraction of sp³-hybridized carbons (Fsp3) is 0.167. The number of aryl methyl sites for hydroxylation is 2. The van der Waals surface area contributed by atoms with Crippen LogP contribution in [0, 0.1) is 0 Å². The molecule has 3 aromatic heterocycles. The third-order valence-corrected chi connectivity index (χ3v) is 6.27. The number of nitrogens with zero attached hydrogens (tertiary/aromatic N) is 4. The van der Waals surface area contributed by atoms with Crippen molar-refractivity contribution >= 4 is 33.5 Å². The molecule has 166 valence electrons. The summed E-state index contributed by atoms with van der Waals surface area (Å²) >= 11 is 1.39. The summed E-state index contributed by atoms with van der Waals surface area (Å²) in [7, 11) is 1.93. The lowest BCUT2D eigenvalue weighted by molar-refractivity contribution is -0.116. The van der Waals surface area contributed by atoms with Crippen LogP contribution in [0.15, 0.2) is 76.2 Å². The number of hydrogen-bond donors (Lipinski definition) is 1. The molecule has 0 fully saturated rings. The van der Waals surface area contributed by atoms with E-state index < -0.39 is 5.76 Å². The number of hydrogen-bond acceptors (Lipinski definition) is 6. The lowest BCUT2D eigenvalue weighted by Crippen LogP contribution is -2.17. The van der Waals surface area contributed by atoms with E-state index >= 15 is 0 Å². The Bertz CT molecular complexity index is 1480. The van der Waals surface area contributed by atoms with Crippen molar-refractivity contribution in [2.75, 3.05) is 5.32 Å². The van der Waals surface area contributed by atoms with Crippen LogP contribution in [0.3, 0.4) is 0 Å². The van der Waals surface area contributed by atoms with Gasteiger partial charge in [0.1, 0.15) is 0 Å². The van der Waals surface area contributed by atoms with Gasteiger partial charge in [0.2, 0.25) is 5.91 Å². The highest BCUT2D eigenvalue weighted by Crippen LogP contribution is 2.38. The maximum Gasteiger partial charge on any atom is 0.419 e. The Labute approximate surface area is 193 Å². The number of imidazole rings is 1. The SMILES string of the molecule is Cn1ccnc1-c1sc(NC(=O)CCCn2c(=O)oc3ccccc32)nc1-c1ccccc1. The van der Waals surface area contributed by atoms with Gasteiger partial charge >= 0.3 is 5.76 Å². The number of benzene rings is 2. The smallest absolute Gasteiger partial charge is 0.408 e. The number of carbonyl (C=O) groups is 1. The van der Waals surface area contributed by atoms with Crippen LogP contribution >= 0.6 is 11.3 Å². The monoisotopic (exact) mass is 459 g/mol. The molecular formula is C24H21N5O3S. The third-order valence-electron chi connectivity index (χ3n) is 5.30. The first-order chi connectivity index (χ1) is 16.1. The first-order valence-corrected chi connectivity index (χ1v) is 11.3. The Balaban J connectivity index is 1.31. The van der Waals surface area contributed by atoms with Crippen molar-refractivity contribution in [3.8, 4) is 22.0 Å². The van der Waals surface area contributed by atoms with E-state index in [4.69, 9.17) is 9.40 Å². The molecule has 0 radical (unpaired) electrons. The number of para-hydroxylation sites is 2. The minimum atomic E-state index is -0.413. The van der Waals surface area contributed by atoms with Gasteiger partial charge in [-0.05, 0) is 18.6 Å². The van der Waals surface area contributed by atoms with E-state index in [1.54, 1.807) is 16.8 Å². The molecule has 9 heteroatoms. The molecule has 0 aliphatic heterocycles. The molecule has 0 saturated heterocycles. The fourth-order valence-electron chi connectivity index (χ4n) is 3.71. The Morgan fingerprint density at radius 1 is 1.12 bits per heavy atom. The average Bonchev–Trinajstić information content (AvgIpc) is 3.51. The fourth-order valence-corrected chi connectivity index (χ4v) is 4.75. The molecule has 8 nitrogen and oxygen atoms in total. The van der Waals surface area contributed by atoms with E-state index in [0.717, 1.165) is 27.5 Å². The Morgan fingerprint density at radius 3 is 2.70 bits per heavy atom.